The van der Waals surface area contributed by atoms with Gasteiger partial charge in [0.05, 0.1) is 9.85 Å². The summed E-state index contributed by atoms with van der Waals surface area (Å²) in [4.78, 5) is 31.8. The highest BCUT2D eigenvalue weighted by Crippen LogP contribution is 2.36. The number of rotatable bonds is 8. The number of carbonyl (C=O) groups excluding carboxylic acids is 1. The van der Waals surface area contributed by atoms with Crippen molar-refractivity contribution in [2.45, 2.75) is 18.9 Å². The molecule has 0 spiro atoms. The van der Waals surface area contributed by atoms with E-state index in [1.807, 2.05) is 0 Å². The third-order valence-electron chi connectivity index (χ3n) is 2.88. The van der Waals surface area contributed by atoms with Crippen LogP contribution in [-0.2, 0) is 4.79 Å². The monoisotopic (exact) mass is 340 g/mol. The van der Waals surface area contributed by atoms with Gasteiger partial charge in [-0.2, -0.15) is 0 Å². The van der Waals surface area contributed by atoms with Gasteiger partial charge in [-0.3, -0.25) is 25.6 Å². The normalized spacial score (nSPS) is 11.4. The molecule has 0 heterocycles. The molecule has 130 valence electrons. The SMILES string of the molecule is N=C(N)NCCC[C@H](N)C(=O)Oc1cccc([N+](=O)[O-])c1[N+](=O)[O-]. The summed E-state index contributed by atoms with van der Waals surface area (Å²) in [5.41, 5.74) is 9.00. The number of nitro groups is 2. The van der Waals surface area contributed by atoms with Gasteiger partial charge in [-0.25, -0.2) is 4.79 Å². The van der Waals surface area contributed by atoms with E-state index in [2.05, 4.69) is 5.32 Å². The minimum absolute atomic E-state index is 0.168. The average Bonchev–Trinajstić information content (AvgIpc) is 2.50. The number of benzene rings is 1. The molecule has 1 aromatic carbocycles. The molecule has 0 bridgehead atoms. The Morgan fingerprint density at radius 2 is 2.00 bits per heavy atom. The highest BCUT2D eigenvalue weighted by atomic mass is 16.6. The summed E-state index contributed by atoms with van der Waals surface area (Å²) in [6, 6.07) is 2.09. The van der Waals surface area contributed by atoms with E-state index in [1.165, 1.54) is 0 Å². The van der Waals surface area contributed by atoms with Gasteiger partial charge in [-0.15, -0.1) is 0 Å². The van der Waals surface area contributed by atoms with Crippen LogP contribution in [0.2, 0.25) is 0 Å². The predicted molar refractivity (Wildman–Crippen MR) is 82.5 cm³/mol. The summed E-state index contributed by atoms with van der Waals surface area (Å²) in [7, 11) is 0. The van der Waals surface area contributed by atoms with Gasteiger partial charge in [-0.05, 0) is 18.9 Å². The highest BCUT2D eigenvalue weighted by molar-refractivity contribution is 5.80. The number of hydrogen-bond acceptors (Lipinski definition) is 8. The maximum Gasteiger partial charge on any atom is 0.388 e. The van der Waals surface area contributed by atoms with Gasteiger partial charge in [0, 0.05) is 12.6 Å². The molecule has 12 nitrogen and oxygen atoms in total. The van der Waals surface area contributed by atoms with Crippen molar-refractivity contribution in [3.8, 4) is 5.75 Å². The molecule has 0 aliphatic carbocycles. The molecule has 0 aliphatic rings. The first-order chi connectivity index (χ1) is 11.2. The van der Waals surface area contributed by atoms with E-state index >= 15 is 0 Å². The maximum absolute atomic E-state index is 11.9. The number of ether oxygens (including phenoxy) is 1. The molecule has 0 aliphatic heterocycles. The summed E-state index contributed by atoms with van der Waals surface area (Å²) in [6.07, 6.45) is 0.564. The number of carbonyl (C=O) groups is 1. The van der Waals surface area contributed by atoms with Crippen molar-refractivity contribution < 1.29 is 19.4 Å². The zero-order chi connectivity index (χ0) is 18.3. The van der Waals surface area contributed by atoms with Crippen molar-refractivity contribution in [1.82, 2.24) is 5.32 Å². The summed E-state index contributed by atoms with van der Waals surface area (Å²) >= 11 is 0. The van der Waals surface area contributed by atoms with Crippen molar-refractivity contribution in [3.63, 3.8) is 0 Å². The number of esters is 1. The van der Waals surface area contributed by atoms with Crippen LogP contribution in [0.25, 0.3) is 0 Å². The first-order valence-electron chi connectivity index (χ1n) is 6.71. The number of nitrogens with one attached hydrogen (secondary N) is 2. The Morgan fingerprint density at radius 1 is 1.33 bits per heavy atom. The van der Waals surface area contributed by atoms with E-state index in [9.17, 15) is 25.0 Å². The smallest absolute Gasteiger partial charge is 0.388 e. The molecule has 0 fully saturated rings. The molecule has 0 saturated heterocycles. The highest BCUT2D eigenvalue weighted by Gasteiger charge is 2.31. The molecule has 0 unspecified atom stereocenters. The zero-order valence-corrected chi connectivity index (χ0v) is 12.4. The second kappa shape index (κ2) is 8.38. The molecule has 0 saturated carbocycles. The molecule has 1 atom stereocenters. The lowest BCUT2D eigenvalue weighted by atomic mass is 10.1. The third kappa shape index (κ3) is 5.17. The van der Waals surface area contributed by atoms with Crippen molar-refractivity contribution in [3.05, 3.63) is 38.4 Å². The molecule has 24 heavy (non-hydrogen) atoms. The molecule has 0 radical (unpaired) electrons. The number of nitrogens with zero attached hydrogens (tertiary/aromatic N) is 2. The lowest BCUT2D eigenvalue weighted by molar-refractivity contribution is -0.423. The van der Waals surface area contributed by atoms with Gasteiger partial charge in [0.1, 0.15) is 6.04 Å². The van der Waals surface area contributed by atoms with E-state index in [1.54, 1.807) is 0 Å². The minimum atomic E-state index is -1.09. The number of para-hydroxylation sites is 1. The fourth-order valence-electron chi connectivity index (χ4n) is 1.77. The largest absolute Gasteiger partial charge is 0.418 e. The third-order valence-corrected chi connectivity index (χ3v) is 2.88. The van der Waals surface area contributed by atoms with Gasteiger partial charge in [0.25, 0.3) is 0 Å². The first-order valence-corrected chi connectivity index (χ1v) is 6.71. The molecule has 12 heteroatoms. The average molecular weight is 340 g/mol. The van der Waals surface area contributed by atoms with E-state index in [-0.39, 0.29) is 12.4 Å². The van der Waals surface area contributed by atoms with Crippen molar-refractivity contribution >= 4 is 23.3 Å². The summed E-state index contributed by atoms with van der Waals surface area (Å²) < 4.78 is 4.84. The summed E-state index contributed by atoms with van der Waals surface area (Å²) in [5.74, 6) is -1.73. The Balaban J connectivity index is 2.79. The van der Waals surface area contributed by atoms with Crippen LogP contribution in [0.3, 0.4) is 0 Å². The number of nitro benzene ring substituents is 2. The zero-order valence-electron chi connectivity index (χ0n) is 12.4. The van der Waals surface area contributed by atoms with E-state index in [0.717, 1.165) is 18.2 Å². The van der Waals surface area contributed by atoms with Gasteiger partial charge < -0.3 is 21.5 Å². The Labute approximate surface area is 135 Å². The molecular weight excluding hydrogens is 324 g/mol. The van der Waals surface area contributed by atoms with Crippen LogP contribution in [0.15, 0.2) is 18.2 Å². The number of guanidine groups is 1. The first kappa shape index (κ1) is 18.8. The maximum atomic E-state index is 11.9. The van der Waals surface area contributed by atoms with Crippen molar-refractivity contribution in [2.75, 3.05) is 6.54 Å². The van der Waals surface area contributed by atoms with Crippen molar-refractivity contribution in [2.24, 2.45) is 11.5 Å². The summed E-state index contributed by atoms with van der Waals surface area (Å²) in [6.45, 7) is 0.313. The second-order valence-corrected chi connectivity index (χ2v) is 4.65. The molecule has 1 aromatic rings. The van der Waals surface area contributed by atoms with Crippen LogP contribution in [0.4, 0.5) is 11.4 Å². The molecule has 0 amide bonds. The van der Waals surface area contributed by atoms with Crippen LogP contribution >= 0.6 is 0 Å². The lowest BCUT2D eigenvalue weighted by Crippen LogP contribution is -2.36. The van der Waals surface area contributed by atoms with Gasteiger partial charge >= 0.3 is 17.3 Å². The fourth-order valence-corrected chi connectivity index (χ4v) is 1.77. The van der Waals surface area contributed by atoms with Gasteiger partial charge in [0.15, 0.2) is 5.96 Å². The second-order valence-electron chi connectivity index (χ2n) is 4.65. The van der Waals surface area contributed by atoms with Gasteiger partial charge in [-0.1, -0.05) is 6.07 Å². The topological polar surface area (TPSA) is 200 Å². The van der Waals surface area contributed by atoms with Crippen LogP contribution in [0.5, 0.6) is 5.75 Å². The molecular formula is C12H16N6O6. The fraction of sp³-hybridized carbons (Fsp3) is 0.333. The van der Waals surface area contributed by atoms with E-state index in [4.69, 9.17) is 21.6 Å². The Morgan fingerprint density at radius 3 is 2.54 bits per heavy atom. The van der Waals surface area contributed by atoms with E-state index in [0.29, 0.717) is 13.0 Å². The Bertz CT molecular complexity index is 663. The van der Waals surface area contributed by atoms with Crippen LogP contribution < -0.4 is 21.5 Å². The Hall–Kier alpha value is -3.28. The quantitative estimate of drug-likeness (QED) is 0.0955. The van der Waals surface area contributed by atoms with Crippen LogP contribution in [0, 0.1) is 25.6 Å². The number of hydrogen-bond donors (Lipinski definition) is 4. The van der Waals surface area contributed by atoms with Crippen LogP contribution in [0.1, 0.15) is 12.8 Å². The molecule has 1 rings (SSSR count). The predicted octanol–water partition coefficient (Wildman–Crippen LogP) is -0.00103. The minimum Gasteiger partial charge on any atom is -0.418 e. The standard InChI is InChI=1S/C12H16N6O6/c13-7(3-2-6-16-12(14)15)11(19)24-9-5-1-4-8(17(20)21)10(9)18(22)23/h1,4-5,7H,2-3,6,13H2,(H4,14,15,16)/t7-/m0/s1. The number of nitrogens with two attached hydrogens (primary N) is 2. The van der Waals surface area contributed by atoms with E-state index < -0.39 is 39.0 Å². The van der Waals surface area contributed by atoms with Gasteiger partial charge in [0.2, 0.25) is 5.75 Å². The summed E-state index contributed by atoms with van der Waals surface area (Å²) in [5, 5.41) is 31.3. The van der Waals surface area contributed by atoms with Crippen molar-refractivity contribution in [1.29, 1.82) is 5.41 Å². The van der Waals surface area contributed by atoms with Crippen LogP contribution in [-0.4, -0.2) is 34.4 Å². The molecule has 0 aromatic heterocycles. The lowest BCUT2D eigenvalue weighted by Gasteiger charge is -2.11. The molecule has 6 N–H and O–H groups in total. The Kier molecular flexibility index (Phi) is 6.55.